The van der Waals surface area contributed by atoms with Crippen LogP contribution in [0.25, 0.3) is 0 Å². The maximum absolute atomic E-state index is 10.1. The van der Waals surface area contributed by atoms with Crippen LogP contribution in [0, 0.1) is 5.92 Å². The minimum atomic E-state index is -0.688. The molecule has 0 saturated heterocycles. The fourth-order valence-corrected chi connectivity index (χ4v) is 1.04. The van der Waals surface area contributed by atoms with Gasteiger partial charge in [-0.25, -0.2) is 0 Å². The van der Waals surface area contributed by atoms with Crippen LogP contribution in [-0.4, -0.2) is 11.1 Å². The zero-order valence-electron chi connectivity index (χ0n) is 7.75. The maximum atomic E-state index is 10.1. The van der Waals surface area contributed by atoms with Crippen LogP contribution < -0.4 is 0 Å². The largest absolute Gasteiger partial charge is 0.481 e. The second kappa shape index (κ2) is 6.89. The monoisotopic (exact) mass is 170 g/mol. The summed E-state index contributed by atoms with van der Waals surface area (Å²) < 4.78 is 0. The van der Waals surface area contributed by atoms with Crippen molar-refractivity contribution in [3.05, 3.63) is 12.7 Å². The second-order valence-corrected chi connectivity index (χ2v) is 3.21. The normalized spacial score (nSPS) is 12.4. The van der Waals surface area contributed by atoms with Gasteiger partial charge in [0.15, 0.2) is 0 Å². The van der Waals surface area contributed by atoms with E-state index in [-0.39, 0.29) is 0 Å². The number of allylic oxidation sites excluding steroid dienone is 1. The molecular weight excluding hydrogens is 152 g/mol. The molecule has 0 spiro atoms. The van der Waals surface area contributed by atoms with Gasteiger partial charge < -0.3 is 5.11 Å². The summed E-state index contributed by atoms with van der Waals surface area (Å²) in [5.41, 5.74) is 0. The molecule has 0 aromatic rings. The Morgan fingerprint density at radius 3 is 2.67 bits per heavy atom. The molecular formula is C10H18O2. The Bertz CT molecular complexity index is 141. The van der Waals surface area contributed by atoms with Crippen LogP contribution >= 0.6 is 0 Å². The lowest BCUT2D eigenvalue weighted by molar-refractivity contribution is -0.137. The Morgan fingerprint density at radius 2 is 2.17 bits per heavy atom. The summed E-state index contributed by atoms with van der Waals surface area (Å²) in [4.78, 5) is 10.1. The first-order chi connectivity index (χ1) is 5.66. The second-order valence-electron chi connectivity index (χ2n) is 3.21. The fraction of sp³-hybridized carbons (Fsp3) is 0.700. The summed E-state index contributed by atoms with van der Waals surface area (Å²) >= 11 is 0. The highest BCUT2D eigenvalue weighted by Gasteiger charge is 1.98. The smallest absolute Gasteiger partial charge is 0.303 e. The number of carboxylic acids is 1. The van der Waals surface area contributed by atoms with Crippen molar-refractivity contribution >= 4 is 5.97 Å². The lowest BCUT2D eigenvalue weighted by Crippen LogP contribution is -1.94. The SMILES string of the molecule is C=CC(C)CCCCCC(=O)O. The highest BCUT2D eigenvalue weighted by atomic mass is 16.4. The van der Waals surface area contributed by atoms with Gasteiger partial charge in [-0.3, -0.25) is 4.79 Å². The average Bonchev–Trinajstić information content (AvgIpc) is 2.03. The van der Waals surface area contributed by atoms with Crippen LogP contribution in [0.15, 0.2) is 12.7 Å². The van der Waals surface area contributed by atoms with Crippen molar-refractivity contribution in [2.24, 2.45) is 5.92 Å². The van der Waals surface area contributed by atoms with Crippen molar-refractivity contribution in [1.29, 1.82) is 0 Å². The van der Waals surface area contributed by atoms with E-state index in [4.69, 9.17) is 5.11 Å². The first-order valence-corrected chi connectivity index (χ1v) is 4.51. The summed E-state index contributed by atoms with van der Waals surface area (Å²) in [6, 6.07) is 0. The molecule has 1 N–H and O–H groups in total. The number of carboxylic acid groups (broad SMARTS) is 1. The molecule has 70 valence electrons. The maximum Gasteiger partial charge on any atom is 0.303 e. The number of hydrogen-bond acceptors (Lipinski definition) is 1. The molecule has 0 radical (unpaired) electrons. The Balaban J connectivity index is 3.10. The lowest BCUT2D eigenvalue weighted by Gasteiger charge is -2.03. The molecule has 0 saturated carbocycles. The van der Waals surface area contributed by atoms with E-state index in [0.29, 0.717) is 12.3 Å². The van der Waals surface area contributed by atoms with E-state index in [1.165, 1.54) is 0 Å². The third kappa shape index (κ3) is 7.32. The van der Waals surface area contributed by atoms with Crippen molar-refractivity contribution in [2.45, 2.75) is 39.0 Å². The topological polar surface area (TPSA) is 37.3 Å². The predicted octanol–water partition coefficient (Wildman–Crippen LogP) is 2.84. The van der Waals surface area contributed by atoms with Gasteiger partial charge in [-0.05, 0) is 18.8 Å². The molecule has 0 heterocycles. The third-order valence-electron chi connectivity index (χ3n) is 1.95. The highest BCUT2D eigenvalue weighted by Crippen LogP contribution is 2.10. The molecule has 2 heteroatoms. The van der Waals surface area contributed by atoms with Gasteiger partial charge in [0.2, 0.25) is 0 Å². The summed E-state index contributed by atoms with van der Waals surface area (Å²) in [5, 5.41) is 8.35. The summed E-state index contributed by atoms with van der Waals surface area (Å²) in [6.45, 7) is 5.82. The molecule has 0 aliphatic rings. The molecule has 12 heavy (non-hydrogen) atoms. The van der Waals surface area contributed by atoms with Crippen LogP contribution in [0.2, 0.25) is 0 Å². The molecule has 0 bridgehead atoms. The van der Waals surface area contributed by atoms with Crippen LogP contribution in [0.3, 0.4) is 0 Å². The Morgan fingerprint density at radius 1 is 1.50 bits per heavy atom. The Kier molecular flexibility index (Phi) is 6.44. The van der Waals surface area contributed by atoms with Gasteiger partial charge in [0.05, 0.1) is 0 Å². The van der Waals surface area contributed by atoms with Crippen molar-refractivity contribution in [3.63, 3.8) is 0 Å². The molecule has 2 nitrogen and oxygen atoms in total. The van der Waals surface area contributed by atoms with Gasteiger partial charge in [0.25, 0.3) is 0 Å². The van der Waals surface area contributed by atoms with Crippen LogP contribution in [0.5, 0.6) is 0 Å². The Hall–Kier alpha value is -0.790. The molecule has 1 atom stereocenters. The van der Waals surface area contributed by atoms with Crippen LogP contribution in [0.1, 0.15) is 39.0 Å². The first-order valence-electron chi connectivity index (χ1n) is 4.51. The first kappa shape index (κ1) is 11.2. The van der Waals surface area contributed by atoms with Crippen LogP contribution in [0.4, 0.5) is 0 Å². The number of rotatable bonds is 7. The quantitative estimate of drug-likeness (QED) is 0.471. The van der Waals surface area contributed by atoms with E-state index in [2.05, 4.69) is 13.5 Å². The number of carbonyl (C=O) groups is 1. The van der Waals surface area contributed by atoms with Crippen molar-refractivity contribution in [1.82, 2.24) is 0 Å². The van der Waals surface area contributed by atoms with Gasteiger partial charge >= 0.3 is 5.97 Å². The zero-order chi connectivity index (χ0) is 9.40. The molecule has 0 aromatic carbocycles. The number of unbranched alkanes of at least 4 members (excludes halogenated alkanes) is 2. The van der Waals surface area contributed by atoms with Gasteiger partial charge in [0, 0.05) is 6.42 Å². The number of hydrogen-bond donors (Lipinski definition) is 1. The molecule has 1 unspecified atom stereocenters. The summed E-state index contributed by atoms with van der Waals surface area (Å²) in [6.07, 6.45) is 6.31. The zero-order valence-corrected chi connectivity index (χ0v) is 7.75. The standard InChI is InChI=1S/C10H18O2/c1-3-9(2)7-5-4-6-8-10(11)12/h3,9H,1,4-8H2,2H3,(H,11,12). The highest BCUT2D eigenvalue weighted by molar-refractivity contribution is 5.66. The molecule has 0 fully saturated rings. The van der Waals surface area contributed by atoms with E-state index in [1.807, 2.05) is 6.08 Å². The average molecular weight is 170 g/mol. The summed E-state index contributed by atoms with van der Waals surface area (Å²) in [5.74, 6) is -0.124. The Labute approximate surface area is 74.3 Å². The fourth-order valence-electron chi connectivity index (χ4n) is 1.04. The minimum absolute atomic E-state index is 0.308. The van der Waals surface area contributed by atoms with Gasteiger partial charge in [-0.15, -0.1) is 6.58 Å². The van der Waals surface area contributed by atoms with Gasteiger partial charge in [-0.2, -0.15) is 0 Å². The molecule has 0 aliphatic carbocycles. The van der Waals surface area contributed by atoms with E-state index in [0.717, 1.165) is 25.7 Å². The van der Waals surface area contributed by atoms with Crippen molar-refractivity contribution in [2.75, 3.05) is 0 Å². The van der Waals surface area contributed by atoms with E-state index in [9.17, 15) is 4.79 Å². The van der Waals surface area contributed by atoms with E-state index < -0.39 is 5.97 Å². The molecule has 0 rings (SSSR count). The van der Waals surface area contributed by atoms with E-state index in [1.54, 1.807) is 0 Å². The third-order valence-corrected chi connectivity index (χ3v) is 1.95. The van der Waals surface area contributed by atoms with Gasteiger partial charge in [-0.1, -0.05) is 25.8 Å². The molecule has 0 amide bonds. The lowest BCUT2D eigenvalue weighted by atomic mass is 10.0. The minimum Gasteiger partial charge on any atom is -0.481 e. The molecule has 0 aromatic heterocycles. The number of aliphatic carboxylic acids is 1. The van der Waals surface area contributed by atoms with Crippen LogP contribution in [-0.2, 0) is 4.79 Å². The predicted molar refractivity (Wildman–Crippen MR) is 50.1 cm³/mol. The molecule has 0 aliphatic heterocycles. The van der Waals surface area contributed by atoms with E-state index >= 15 is 0 Å². The van der Waals surface area contributed by atoms with Crippen molar-refractivity contribution < 1.29 is 9.90 Å². The van der Waals surface area contributed by atoms with Crippen molar-refractivity contribution in [3.8, 4) is 0 Å². The van der Waals surface area contributed by atoms with Gasteiger partial charge in [0.1, 0.15) is 0 Å². The summed E-state index contributed by atoms with van der Waals surface area (Å²) in [7, 11) is 0.